The number of rotatable bonds is 44. The minimum Gasteiger partial charge on any atom is -0.481 e. The summed E-state index contributed by atoms with van der Waals surface area (Å²) in [6.07, 6.45) is 9.93. The van der Waals surface area contributed by atoms with Crippen LogP contribution in [0.1, 0.15) is 199 Å². The Labute approximate surface area is 721 Å². The third-order valence-electron chi connectivity index (χ3n) is 22.6. The lowest BCUT2D eigenvalue weighted by Crippen LogP contribution is -2.58. The fourth-order valence-electron chi connectivity index (χ4n) is 16.6. The first-order chi connectivity index (χ1) is 58.7. The molecule has 2 aromatic heterocycles. The van der Waals surface area contributed by atoms with Gasteiger partial charge in [0.25, 0.3) is 5.91 Å². The summed E-state index contributed by atoms with van der Waals surface area (Å²) in [5.41, 5.74) is 17.1. The Morgan fingerprint density at radius 1 is 0.779 bits per heavy atom. The Morgan fingerprint density at radius 3 is 2.15 bits per heavy atom. The summed E-state index contributed by atoms with van der Waals surface area (Å²) in [5, 5.41) is 50.0. The van der Waals surface area contributed by atoms with Gasteiger partial charge in [0.05, 0.1) is 42.2 Å². The Balaban J connectivity index is 0.715. The maximum Gasteiger partial charge on any atom is 0.326 e. The van der Waals surface area contributed by atoms with Crippen LogP contribution in [-0.4, -0.2) is 249 Å². The number of aliphatic imine (C=N–C) groups is 1. The number of unbranched alkanes of at least 4 members (excludes halogenated alkanes) is 1. The van der Waals surface area contributed by atoms with E-state index in [1.165, 1.54) is 65.5 Å². The van der Waals surface area contributed by atoms with Crippen molar-refractivity contribution in [1.82, 2.24) is 55.4 Å². The van der Waals surface area contributed by atoms with Crippen molar-refractivity contribution < 1.29 is 101 Å². The van der Waals surface area contributed by atoms with Gasteiger partial charge in [-0.2, -0.15) is 0 Å². The van der Waals surface area contributed by atoms with Crippen molar-refractivity contribution in [3.05, 3.63) is 111 Å². The summed E-state index contributed by atoms with van der Waals surface area (Å²) in [6.45, 7) is 10.2. The Bertz CT molecular complexity index is 4660. The molecule has 0 radical (unpaired) electrons. The van der Waals surface area contributed by atoms with Crippen molar-refractivity contribution in [2.24, 2.45) is 10.9 Å². The highest BCUT2D eigenvalue weighted by Gasteiger charge is 2.44. The number of nitrogen functional groups attached to an aromatic ring is 1. The molecule has 10 rings (SSSR count). The van der Waals surface area contributed by atoms with Gasteiger partial charge in [0.2, 0.25) is 41.4 Å². The Morgan fingerprint density at radius 2 is 1.45 bits per heavy atom. The monoisotopic (exact) mass is 1780 g/mol. The van der Waals surface area contributed by atoms with E-state index >= 15 is 0 Å². The molecular formula is C83H110N13O21P3S2. The topological polar surface area (TPSA) is 473 Å². The number of likely N-dealkylation sites (tertiary alicyclic amines) is 3. The number of amides is 8. The van der Waals surface area contributed by atoms with Crippen molar-refractivity contribution in [2.45, 2.75) is 223 Å². The number of aromatic nitrogens is 3. The highest BCUT2D eigenvalue weighted by atomic mass is 33.1. The van der Waals surface area contributed by atoms with E-state index in [0.29, 0.717) is 72.4 Å². The molecule has 0 spiro atoms. The van der Waals surface area contributed by atoms with Crippen LogP contribution in [0.25, 0.3) is 11.0 Å². The number of ketones is 1. The number of nitrogens with one attached hydrogen (secondary N) is 4. The highest BCUT2D eigenvalue weighted by molar-refractivity contribution is 8.76. The average Bonchev–Trinajstić information content (AvgIpc) is 1.01. The minimum absolute atomic E-state index is 0.0135. The van der Waals surface area contributed by atoms with Crippen molar-refractivity contribution in [2.75, 3.05) is 70.2 Å². The Kier molecular flexibility index (Phi) is 36.6. The molecule has 39 heteroatoms. The molecule has 660 valence electrons. The van der Waals surface area contributed by atoms with E-state index in [9.17, 15) is 78.0 Å². The smallest absolute Gasteiger partial charge is 0.326 e. The predicted molar refractivity (Wildman–Crippen MR) is 463 cm³/mol. The van der Waals surface area contributed by atoms with Crippen LogP contribution >= 0.6 is 48.7 Å². The van der Waals surface area contributed by atoms with Gasteiger partial charge in [0, 0.05) is 120 Å². The van der Waals surface area contributed by atoms with Crippen molar-refractivity contribution in [3.63, 3.8) is 0 Å². The number of nitrogens with zero attached hydrogens (tertiary/aromatic N) is 8. The molecule has 8 amide bonds. The van der Waals surface area contributed by atoms with E-state index in [1.807, 2.05) is 30.4 Å². The number of carbonyl (C=O) groups excluding carboxylic acids is 9. The van der Waals surface area contributed by atoms with Crippen LogP contribution in [0.2, 0.25) is 0 Å². The lowest BCUT2D eigenvalue weighted by Gasteiger charge is -2.38. The zero-order chi connectivity index (χ0) is 87.7. The van der Waals surface area contributed by atoms with E-state index in [1.54, 1.807) is 27.6 Å². The normalized spacial score (nSPS) is 21.1. The molecule has 34 nitrogen and oxygen atoms in total. The molecule has 4 aliphatic heterocycles. The van der Waals surface area contributed by atoms with Gasteiger partial charge in [-0.05, 0) is 143 Å². The number of ether oxygens (including phenoxy) is 1. The van der Waals surface area contributed by atoms with Gasteiger partial charge >= 0.3 is 17.9 Å². The number of anilines is 1. The largest absolute Gasteiger partial charge is 0.481 e. The van der Waals surface area contributed by atoms with Crippen molar-refractivity contribution >= 4 is 142 Å². The van der Waals surface area contributed by atoms with Gasteiger partial charge in [-0.1, -0.05) is 88.8 Å². The number of carboxylic acid groups (broad SMARTS) is 3. The lowest BCUT2D eigenvalue weighted by molar-refractivity contribution is -0.148. The second-order valence-electron chi connectivity index (χ2n) is 31.0. The number of Topliss-reactive ketones (excluding diaryl/α,β-unsaturated/α-hetero) is 1. The summed E-state index contributed by atoms with van der Waals surface area (Å²) in [4.78, 5) is 190. The molecule has 4 fully saturated rings. The number of aryl methyl sites for hydroxylation is 2. The molecule has 4 saturated heterocycles. The summed E-state index contributed by atoms with van der Waals surface area (Å²) in [5.74, 6) is -2.59. The summed E-state index contributed by atoms with van der Waals surface area (Å²) in [7, 11) is 3.06. The van der Waals surface area contributed by atoms with Crippen LogP contribution in [-0.2, 0) is 83.5 Å². The molecule has 6 heterocycles. The lowest BCUT2D eigenvalue weighted by atomic mass is 9.65. The van der Waals surface area contributed by atoms with E-state index < -0.39 is 136 Å². The van der Waals surface area contributed by atoms with Gasteiger partial charge in [-0.25, -0.2) is 14.8 Å². The number of hydrogen-bond donors (Lipinski definition) is 10. The summed E-state index contributed by atoms with van der Waals surface area (Å²) >= 11 is 0. The van der Waals surface area contributed by atoms with Gasteiger partial charge in [0.1, 0.15) is 72.2 Å². The first-order valence-corrected chi connectivity index (χ1v) is 46.3. The molecule has 11 N–H and O–H groups in total. The fourth-order valence-corrected chi connectivity index (χ4v) is 19.9. The molecule has 122 heavy (non-hydrogen) atoms. The number of carbonyl (C=O) groups is 12. The van der Waals surface area contributed by atoms with Crippen LogP contribution in [0.5, 0.6) is 0 Å². The molecule has 0 bridgehead atoms. The van der Waals surface area contributed by atoms with Gasteiger partial charge < -0.3 is 85.7 Å². The number of aliphatic hydroxyl groups excluding tert-OH is 1. The third-order valence-corrected chi connectivity index (χ3v) is 26.7. The molecular weight excluding hydrogens is 1670 g/mol. The quantitative estimate of drug-likeness (QED) is 0.00898. The summed E-state index contributed by atoms with van der Waals surface area (Å²) in [6, 6.07) is 4.23. The molecule has 14 atom stereocenters. The zero-order valence-electron chi connectivity index (χ0n) is 69.1. The Hall–Kier alpha value is -8.84. The molecule has 12 unspecified atom stereocenters. The molecule has 0 saturated carbocycles. The van der Waals surface area contributed by atoms with Crippen LogP contribution in [0.15, 0.2) is 77.2 Å². The number of fused-ring (bicyclic) bond motifs is 3. The second kappa shape index (κ2) is 46.8. The third kappa shape index (κ3) is 25.5. The number of hydrogen-bond acceptors (Lipinski definition) is 24. The SMILES string of the molecule is CCCc1cc2c(cc1C)C(c1ccccc1C(=O)N(C)CCCC(=O)N1CCCC1C(=O)NCCCCC(NC(=O)C1CCCN1C(=O)CCSSCCC(=O)CCC#Cc1cn([C@H]3CC(O)[C@@H](COPOPOPO)O3)c3ncnc(N)c13)C(=O)N1CCCC1C(=O)NC(CC(=O)O)C(=O)NC(CC(=O)O)C(=O)O)C1C=C(C)C(=NCC)C=C1C2. The minimum atomic E-state index is -1.98. The number of benzene rings is 2. The molecule has 2 aliphatic carbocycles. The fraction of sp³-hybridized carbons (Fsp3) is 0.554. The van der Waals surface area contributed by atoms with Gasteiger partial charge in [-0.15, -0.1) is 0 Å². The van der Waals surface area contributed by atoms with Gasteiger partial charge in [-0.3, -0.25) is 66.4 Å². The van der Waals surface area contributed by atoms with Crippen LogP contribution in [0.4, 0.5) is 5.82 Å². The van der Waals surface area contributed by atoms with E-state index in [4.69, 9.17) is 33.5 Å². The van der Waals surface area contributed by atoms with Crippen LogP contribution in [0.3, 0.4) is 0 Å². The predicted octanol–water partition coefficient (Wildman–Crippen LogP) is 7.30. The number of carboxylic acids is 3. The van der Waals surface area contributed by atoms with Crippen molar-refractivity contribution in [1.29, 1.82) is 0 Å². The highest BCUT2D eigenvalue weighted by Crippen LogP contribution is 2.49. The maximum absolute atomic E-state index is 14.9. The second-order valence-corrected chi connectivity index (χ2v) is 36.2. The molecule has 6 aliphatic rings. The van der Waals surface area contributed by atoms with Crippen LogP contribution < -0.4 is 27.0 Å². The zero-order valence-corrected chi connectivity index (χ0v) is 73.7. The number of nitrogens with two attached hydrogens (primary N) is 1. The molecule has 4 aromatic rings. The number of aliphatic hydroxyl groups is 1. The first-order valence-electron chi connectivity index (χ1n) is 41.4. The summed E-state index contributed by atoms with van der Waals surface area (Å²) < 4.78 is 23.3. The first kappa shape index (κ1) is 95.4. The average molecular weight is 1780 g/mol. The van der Waals surface area contributed by atoms with E-state index in [-0.39, 0.29) is 157 Å². The standard InChI is InChI=1S/C83H110N13O21P3S2/c1-6-18-50-39-52-40-53-41-60(85-7-2)49(4)38-58(53)74(57(52)37-48(50)3)55-21-10-11-22-56(55)81(109)92(5)31-17-27-68(99)93-32-14-24-63(93)78(106)86-30-13-12-23-59(82(110)95-34-16-26-65(95)80(108)90-61(42-71(101)102)77(105)91-62(83(111)112)43-72(103)104)89-79(107)64-25-15-33-94(64)69(100)29-36-122-121-35-28-54(97)20-9-8-19-51-45-96(76-73(51)75(84)87-47-88-76)70-44-66(98)67(115-70)46-114-119-117-120-116-118-113/h10-11,21-22,37-39,41,45,47,58-59,61-67,70,74,98,113,118-120H,6-7,9,12-18,20,23-36,40,42-44,46H2,1-5H3,(H,86,106)(H,89,107)(H,90,108)(H,91,105)(H,101,102)(H,103,104)(H,111,112)(H2,84,87,88)/t58?,59?,61?,62?,63?,64?,65?,66?,67-,70-,74?/m1/s1. The molecule has 2 aromatic carbocycles. The maximum atomic E-state index is 14.9. The number of allylic oxidation sites excluding steroid dienone is 4. The van der Waals surface area contributed by atoms with Crippen molar-refractivity contribution in [3.8, 4) is 11.8 Å². The van der Waals surface area contributed by atoms with Crippen LogP contribution in [0, 0.1) is 24.7 Å². The van der Waals surface area contributed by atoms with E-state index in [0.717, 1.165) is 36.1 Å². The number of aliphatic carboxylic acids is 3. The van der Waals surface area contributed by atoms with E-state index in [2.05, 4.69) is 88.9 Å². The van der Waals surface area contributed by atoms with Gasteiger partial charge in [0.15, 0.2) is 27.1 Å².